The molecule has 0 atom stereocenters. The lowest BCUT2D eigenvalue weighted by atomic mass is 10.1. The zero-order chi connectivity index (χ0) is 18.8. The first-order valence-corrected chi connectivity index (χ1v) is 9.32. The van der Waals surface area contributed by atoms with Crippen molar-refractivity contribution in [2.45, 2.75) is 10.6 Å². The molecule has 0 aliphatic heterocycles. The van der Waals surface area contributed by atoms with E-state index < -0.39 is 0 Å². The molecule has 0 aliphatic rings. The minimum Gasteiger partial charge on any atom is -0.497 e. The van der Waals surface area contributed by atoms with Crippen LogP contribution in [0.15, 0.2) is 53.6 Å². The third-order valence-corrected chi connectivity index (χ3v) is 5.40. The van der Waals surface area contributed by atoms with Crippen molar-refractivity contribution in [2.75, 3.05) is 14.2 Å². The van der Waals surface area contributed by atoms with E-state index >= 15 is 0 Å². The molecule has 0 fully saturated rings. The average Bonchev–Trinajstić information content (AvgIpc) is 3.32. The smallest absolute Gasteiger partial charge is 0.128 e. The lowest BCUT2D eigenvalue weighted by molar-refractivity contribution is 0.404. The van der Waals surface area contributed by atoms with E-state index in [1.165, 1.54) is 12.1 Å². The number of benzene rings is 2. The van der Waals surface area contributed by atoms with Crippen LogP contribution in [0.2, 0.25) is 0 Å². The number of H-pyrrole nitrogens is 2. The number of rotatable bonds is 6. The predicted molar refractivity (Wildman–Crippen MR) is 105 cm³/mol. The van der Waals surface area contributed by atoms with Gasteiger partial charge in [0.25, 0.3) is 0 Å². The zero-order valence-electron chi connectivity index (χ0n) is 14.9. The van der Waals surface area contributed by atoms with Crippen LogP contribution in [0, 0.1) is 5.82 Å². The van der Waals surface area contributed by atoms with Crippen LogP contribution in [0.3, 0.4) is 0 Å². The van der Waals surface area contributed by atoms with Crippen LogP contribution < -0.4 is 9.47 Å². The molecule has 2 aromatic carbocycles. The Labute approximate surface area is 159 Å². The van der Waals surface area contributed by atoms with Gasteiger partial charge < -0.3 is 14.5 Å². The molecule has 0 aliphatic carbocycles. The van der Waals surface area contributed by atoms with Crippen molar-refractivity contribution in [1.29, 1.82) is 0 Å². The highest BCUT2D eigenvalue weighted by Gasteiger charge is 2.12. The Morgan fingerprint density at radius 3 is 2.78 bits per heavy atom. The van der Waals surface area contributed by atoms with Crippen LogP contribution in [-0.4, -0.2) is 29.4 Å². The summed E-state index contributed by atoms with van der Waals surface area (Å²) in [7, 11) is 3.27. The number of aromatic amines is 2. The van der Waals surface area contributed by atoms with Gasteiger partial charge >= 0.3 is 0 Å². The first-order chi connectivity index (χ1) is 13.2. The molecule has 27 heavy (non-hydrogen) atoms. The zero-order valence-corrected chi connectivity index (χ0v) is 15.7. The average molecular weight is 383 g/mol. The molecular formula is C20H18FN3O2S. The van der Waals surface area contributed by atoms with Crippen molar-refractivity contribution < 1.29 is 13.9 Å². The van der Waals surface area contributed by atoms with E-state index in [9.17, 15) is 4.39 Å². The number of ether oxygens (including phenoxy) is 2. The van der Waals surface area contributed by atoms with Gasteiger partial charge in [-0.25, -0.2) is 4.39 Å². The van der Waals surface area contributed by atoms with Gasteiger partial charge in [-0.05, 0) is 42.5 Å². The summed E-state index contributed by atoms with van der Waals surface area (Å²) in [4.78, 5) is 4.17. The molecule has 0 saturated carbocycles. The second-order valence-corrected chi connectivity index (χ2v) is 6.99. The molecule has 0 amide bonds. The van der Waals surface area contributed by atoms with Gasteiger partial charge in [-0.2, -0.15) is 5.10 Å². The summed E-state index contributed by atoms with van der Waals surface area (Å²) in [5.74, 6) is 1.94. The monoisotopic (exact) mass is 383 g/mol. The number of hydrogen-bond acceptors (Lipinski definition) is 4. The summed E-state index contributed by atoms with van der Waals surface area (Å²) >= 11 is 1.65. The van der Waals surface area contributed by atoms with Crippen LogP contribution >= 0.6 is 11.8 Å². The normalized spacial score (nSPS) is 11.1. The molecule has 2 heterocycles. The Morgan fingerprint density at radius 2 is 1.96 bits per heavy atom. The first-order valence-electron chi connectivity index (χ1n) is 8.34. The van der Waals surface area contributed by atoms with E-state index in [2.05, 4.69) is 15.2 Å². The van der Waals surface area contributed by atoms with E-state index in [0.29, 0.717) is 5.75 Å². The van der Waals surface area contributed by atoms with Crippen molar-refractivity contribution in [3.63, 3.8) is 0 Å². The fourth-order valence-electron chi connectivity index (χ4n) is 2.94. The fraction of sp³-hybridized carbons (Fsp3) is 0.150. The maximum absolute atomic E-state index is 13.3. The molecule has 7 heteroatoms. The minimum absolute atomic E-state index is 0.245. The molecule has 0 saturated heterocycles. The van der Waals surface area contributed by atoms with Gasteiger partial charge in [0.05, 0.1) is 25.6 Å². The highest BCUT2D eigenvalue weighted by Crippen LogP contribution is 2.34. The van der Waals surface area contributed by atoms with Gasteiger partial charge in [0.1, 0.15) is 17.3 Å². The number of hydrogen-bond donors (Lipinski definition) is 2. The molecule has 0 bridgehead atoms. The Bertz CT molecular complexity index is 1090. The first kappa shape index (κ1) is 17.5. The maximum Gasteiger partial charge on any atom is 0.128 e. The van der Waals surface area contributed by atoms with Crippen molar-refractivity contribution in [3.05, 3.63) is 60.2 Å². The Morgan fingerprint density at radius 1 is 1.07 bits per heavy atom. The third kappa shape index (κ3) is 3.50. The van der Waals surface area contributed by atoms with Crippen LogP contribution in [-0.2, 0) is 5.75 Å². The van der Waals surface area contributed by atoms with E-state index in [0.717, 1.165) is 44.2 Å². The number of halogens is 1. The highest BCUT2D eigenvalue weighted by atomic mass is 32.2. The maximum atomic E-state index is 13.3. The molecule has 0 spiro atoms. The molecule has 2 N–H and O–H groups in total. The van der Waals surface area contributed by atoms with Crippen LogP contribution in [0.4, 0.5) is 4.39 Å². The van der Waals surface area contributed by atoms with Crippen molar-refractivity contribution in [2.24, 2.45) is 0 Å². The van der Waals surface area contributed by atoms with Crippen LogP contribution in [0.5, 0.6) is 11.5 Å². The summed E-state index contributed by atoms with van der Waals surface area (Å²) < 4.78 is 24.1. The van der Waals surface area contributed by atoms with E-state index in [-0.39, 0.29) is 5.82 Å². The SMILES string of the molecule is COc1ccc(OC)c(-c2cc(CSc3c[nH]c4cc(F)ccc34)n[nH]2)c1. The van der Waals surface area contributed by atoms with Gasteiger partial charge in [0, 0.05) is 33.3 Å². The number of fused-ring (bicyclic) bond motifs is 1. The van der Waals surface area contributed by atoms with Gasteiger partial charge in [-0.1, -0.05) is 0 Å². The third-order valence-electron chi connectivity index (χ3n) is 4.31. The van der Waals surface area contributed by atoms with Gasteiger partial charge in [-0.3, -0.25) is 5.10 Å². The van der Waals surface area contributed by atoms with Crippen LogP contribution in [0.25, 0.3) is 22.2 Å². The Hall–Kier alpha value is -2.93. The van der Waals surface area contributed by atoms with Gasteiger partial charge in [0.15, 0.2) is 0 Å². The number of thioether (sulfide) groups is 1. The van der Waals surface area contributed by atoms with Gasteiger partial charge in [-0.15, -0.1) is 11.8 Å². The van der Waals surface area contributed by atoms with E-state index in [1.807, 2.05) is 30.5 Å². The Kier molecular flexibility index (Phi) is 4.77. The summed E-state index contributed by atoms with van der Waals surface area (Å²) in [6.07, 6.45) is 1.90. The topological polar surface area (TPSA) is 62.9 Å². The van der Waals surface area contributed by atoms with Gasteiger partial charge in [0.2, 0.25) is 0 Å². The fourth-order valence-corrected chi connectivity index (χ4v) is 3.87. The number of methoxy groups -OCH3 is 2. The number of aromatic nitrogens is 3. The molecule has 0 unspecified atom stereocenters. The van der Waals surface area contributed by atoms with E-state index in [1.54, 1.807) is 32.0 Å². The van der Waals surface area contributed by atoms with Crippen molar-refractivity contribution in [1.82, 2.24) is 15.2 Å². The largest absolute Gasteiger partial charge is 0.497 e. The number of nitrogens with zero attached hydrogens (tertiary/aromatic N) is 1. The quantitative estimate of drug-likeness (QED) is 0.460. The Balaban J connectivity index is 1.55. The van der Waals surface area contributed by atoms with Crippen molar-refractivity contribution >= 4 is 22.7 Å². The highest BCUT2D eigenvalue weighted by molar-refractivity contribution is 7.98. The second kappa shape index (κ2) is 7.36. The molecule has 4 rings (SSSR count). The lowest BCUT2D eigenvalue weighted by Gasteiger charge is -2.08. The molecule has 138 valence electrons. The van der Waals surface area contributed by atoms with Crippen molar-refractivity contribution in [3.8, 4) is 22.8 Å². The summed E-state index contributed by atoms with van der Waals surface area (Å²) in [5, 5.41) is 8.48. The molecule has 0 radical (unpaired) electrons. The molecule has 2 aromatic heterocycles. The second-order valence-electron chi connectivity index (χ2n) is 5.97. The molecule has 4 aromatic rings. The molecule has 5 nitrogen and oxygen atoms in total. The predicted octanol–water partition coefficient (Wildman–Crippen LogP) is 5.01. The van der Waals surface area contributed by atoms with Crippen LogP contribution in [0.1, 0.15) is 5.69 Å². The summed E-state index contributed by atoms with van der Waals surface area (Å²) in [6.45, 7) is 0. The number of nitrogens with one attached hydrogen (secondary N) is 2. The molecular weight excluding hydrogens is 365 g/mol. The van der Waals surface area contributed by atoms with E-state index in [4.69, 9.17) is 9.47 Å². The minimum atomic E-state index is -0.245. The summed E-state index contributed by atoms with van der Waals surface area (Å²) in [5.41, 5.74) is 3.46. The lowest BCUT2D eigenvalue weighted by Crippen LogP contribution is -1.90. The summed E-state index contributed by atoms with van der Waals surface area (Å²) in [6, 6.07) is 12.4. The standard InChI is InChI=1S/C20H18FN3O2S/c1-25-14-4-6-19(26-2)16(9-14)18-8-13(23-24-18)11-27-20-10-22-17-7-12(21)3-5-15(17)20/h3-10,22H,11H2,1-2H3,(H,23,24).